The topological polar surface area (TPSA) is 51.2 Å². The van der Waals surface area contributed by atoms with Crippen molar-refractivity contribution in [1.29, 1.82) is 0 Å². The van der Waals surface area contributed by atoms with Crippen LogP contribution in [0.1, 0.15) is 34.1 Å². The van der Waals surface area contributed by atoms with Gasteiger partial charge in [0.25, 0.3) is 0 Å². The highest BCUT2D eigenvalue weighted by Crippen LogP contribution is 2.37. The number of aryl methyl sites for hydroxylation is 1. The van der Waals surface area contributed by atoms with E-state index in [0.717, 1.165) is 42.5 Å². The molecule has 10 heteroatoms. The van der Waals surface area contributed by atoms with Gasteiger partial charge in [-0.15, -0.1) is 0 Å². The van der Waals surface area contributed by atoms with Crippen LogP contribution in [0.5, 0.6) is 0 Å². The van der Waals surface area contributed by atoms with Crippen molar-refractivity contribution in [2.24, 2.45) is 0 Å². The van der Waals surface area contributed by atoms with E-state index in [2.05, 4.69) is 10.3 Å². The Morgan fingerprint density at radius 1 is 0.968 bits per heavy atom. The van der Waals surface area contributed by atoms with Gasteiger partial charge >= 0.3 is 18.3 Å². The van der Waals surface area contributed by atoms with Gasteiger partial charge in [0.05, 0.1) is 34.6 Å². The first-order chi connectivity index (χ1) is 14.4. The fourth-order valence-corrected chi connectivity index (χ4v) is 3.03. The molecule has 3 aromatic rings. The van der Waals surface area contributed by atoms with Crippen molar-refractivity contribution < 1.29 is 35.9 Å². The minimum absolute atomic E-state index is 0.0125. The van der Waals surface area contributed by atoms with Crippen LogP contribution in [0.25, 0.3) is 10.9 Å². The Labute approximate surface area is 172 Å². The molecule has 0 unspecified atom stereocenters. The van der Waals surface area contributed by atoms with Crippen molar-refractivity contribution in [2.75, 3.05) is 11.9 Å². The van der Waals surface area contributed by atoms with E-state index < -0.39 is 29.4 Å². The van der Waals surface area contributed by atoms with Crippen LogP contribution >= 0.6 is 0 Å². The van der Waals surface area contributed by atoms with Gasteiger partial charge in [-0.2, -0.15) is 26.3 Å². The van der Waals surface area contributed by atoms with Crippen LogP contribution in [0.15, 0.2) is 42.5 Å². The number of benzene rings is 2. The highest BCUT2D eigenvalue weighted by molar-refractivity contribution is 6.07. The van der Waals surface area contributed by atoms with Crippen LogP contribution in [0.3, 0.4) is 0 Å². The highest BCUT2D eigenvalue weighted by atomic mass is 19.4. The molecule has 0 amide bonds. The average molecular weight is 442 g/mol. The number of hydrogen-bond acceptors (Lipinski definition) is 4. The summed E-state index contributed by atoms with van der Waals surface area (Å²) < 4.78 is 83.2. The van der Waals surface area contributed by atoms with Crippen LogP contribution in [0.2, 0.25) is 0 Å². The van der Waals surface area contributed by atoms with Gasteiger partial charge in [-0.1, -0.05) is 0 Å². The van der Waals surface area contributed by atoms with Gasteiger partial charge in [0.15, 0.2) is 0 Å². The summed E-state index contributed by atoms with van der Waals surface area (Å²) in [5, 5.41) is 2.75. The first-order valence-corrected chi connectivity index (χ1v) is 9.04. The summed E-state index contributed by atoms with van der Waals surface area (Å²) in [5.41, 5.74) is -1.48. The highest BCUT2D eigenvalue weighted by Gasteiger charge is 2.32. The molecule has 0 bridgehead atoms. The molecule has 0 aliphatic rings. The smallest absolute Gasteiger partial charge is 0.416 e. The largest absolute Gasteiger partial charge is 0.462 e. The molecule has 2 aromatic carbocycles. The fourth-order valence-electron chi connectivity index (χ4n) is 3.03. The molecule has 0 saturated heterocycles. The number of rotatable bonds is 4. The van der Waals surface area contributed by atoms with Gasteiger partial charge in [0.2, 0.25) is 0 Å². The summed E-state index contributed by atoms with van der Waals surface area (Å²) in [6, 6.07) is 6.74. The number of alkyl halides is 6. The number of carbonyl (C=O) groups excluding carboxylic acids is 1. The molecule has 0 radical (unpaired) electrons. The summed E-state index contributed by atoms with van der Waals surface area (Å²) in [6.07, 6.45) is -9.19. The molecule has 0 atom stereocenters. The van der Waals surface area contributed by atoms with Crippen molar-refractivity contribution in [3.05, 3.63) is 64.8 Å². The molecule has 1 heterocycles. The number of pyridine rings is 1. The third-order valence-electron chi connectivity index (χ3n) is 4.45. The maximum absolute atomic E-state index is 13.3. The number of carbonyl (C=O) groups is 1. The molecule has 1 aromatic heterocycles. The number of esters is 1. The molecule has 0 spiro atoms. The second-order valence-corrected chi connectivity index (χ2v) is 6.60. The maximum atomic E-state index is 13.3. The van der Waals surface area contributed by atoms with E-state index in [9.17, 15) is 31.1 Å². The van der Waals surface area contributed by atoms with Gasteiger partial charge in [0.1, 0.15) is 5.56 Å². The Hall–Kier alpha value is -3.30. The van der Waals surface area contributed by atoms with Crippen molar-refractivity contribution in [3.63, 3.8) is 0 Å². The van der Waals surface area contributed by atoms with Crippen LogP contribution in [0.4, 0.5) is 37.7 Å². The number of nitrogens with zero attached hydrogens (tertiary/aromatic N) is 1. The normalized spacial score (nSPS) is 12.1. The summed E-state index contributed by atoms with van der Waals surface area (Å²) in [6.45, 7) is 3.06. The zero-order chi connectivity index (χ0) is 23.0. The molecular formula is C21H16F6N2O2. The van der Waals surface area contributed by atoms with Gasteiger partial charge in [-0.3, -0.25) is 4.98 Å². The Bertz CT molecular complexity index is 1120. The standard InChI is InChI=1S/C21H16F6N2O2/c1-3-31-19(30)17-11(2)28-16-9-6-13(21(25,26)27)10-15(16)18(17)29-14-7-4-12(5-8-14)20(22,23)24/h4-10H,3H2,1-2H3,(H,28,29). The number of hydrogen-bond donors (Lipinski definition) is 1. The summed E-state index contributed by atoms with van der Waals surface area (Å²) in [5.74, 6) is -0.818. The number of ether oxygens (including phenoxy) is 1. The van der Waals surface area contributed by atoms with Gasteiger partial charge in [-0.05, 0) is 56.3 Å². The Balaban J connectivity index is 2.21. The number of halogens is 6. The quantitative estimate of drug-likeness (QED) is 0.370. The van der Waals surface area contributed by atoms with E-state index >= 15 is 0 Å². The van der Waals surface area contributed by atoms with Crippen molar-refractivity contribution in [2.45, 2.75) is 26.2 Å². The lowest BCUT2D eigenvalue weighted by molar-refractivity contribution is -0.138. The molecule has 0 aliphatic heterocycles. The summed E-state index contributed by atoms with van der Waals surface area (Å²) in [4.78, 5) is 16.7. The minimum atomic E-state index is -4.64. The Kier molecular flexibility index (Phi) is 5.84. The zero-order valence-electron chi connectivity index (χ0n) is 16.3. The van der Waals surface area contributed by atoms with Crippen LogP contribution < -0.4 is 5.32 Å². The van der Waals surface area contributed by atoms with E-state index in [1.165, 1.54) is 6.92 Å². The predicted molar refractivity (Wildman–Crippen MR) is 102 cm³/mol. The van der Waals surface area contributed by atoms with E-state index in [4.69, 9.17) is 4.74 Å². The number of fused-ring (bicyclic) bond motifs is 1. The zero-order valence-corrected chi connectivity index (χ0v) is 16.3. The molecule has 1 N–H and O–H groups in total. The van der Waals surface area contributed by atoms with Crippen molar-refractivity contribution >= 4 is 28.2 Å². The maximum Gasteiger partial charge on any atom is 0.416 e. The van der Waals surface area contributed by atoms with Crippen molar-refractivity contribution in [3.8, 4) is 0 Å². The molecule has 0 saturated carbocycles. The monoisotopic (exact) mass is 442 g/mol. The molecule has 3 rings (SSSR count). The van der Waals surface area contributed by atoms with Crippen molar-refractivity contribution in [1.82, 2.24) is 4.98 Å². The Morgan fingerprint density at radius 3 is 2.10 bits per heavy atom. The first-order valence-electron chi connectivity index (χ1n) is 9.04. The molecule has 0 fully saturated rings. The third kappa shape index (κ3) is 4.73. The second-order valence-electron chi connectivity index (χ2n) is 6.60. The lowest BCUT2D eigenvalue weighted by atomic mass is 10.0. The van der Waals surface area contributed by atoms with E-state index in [1.807, 2.05) is 0 Å². The van der Waals surface area contributed by atoms with E-state index in [0.29, 0.717) is 0 Å². The first kappa shape index (κ1) is 22.4. The average Bonchev–Trinajstić information content (AvgIpc) is 2.66. The van der Waals surface area contributed by atoms with E-state index in [-0.39, 0.29) is 40.1 Å². The van der Waals surface area contributed by atoms with Crippen LogP contribution in [-0.2, 0) is 17.1 Å². The lowest BCUT2D eigenvalue weighted by Gasteiger charge is -2.18. The van der Waals surface area contributed by atoms with Crippen LogP contribution in [0, 0.1) is 6.92 Å². The number of anilines is 2. The van der Waals surface area contributed by atoms with Crippen LogP contribution in [-0.4, -0.2) is 17.6 Å². The van der Waals surface area contributed by atoms with Gasteiger partial charge in [-0.25, -0.2) is 4.79 Å². The van der Waals surface area contributed by atoms with Gasteiger partial charge in [0, 0.05) is 11.1 Å². The molecule has 31 heavy (non-hydrogen) atoms. The second kappa shape index (κ2) is 8.09. The summed E-state index contributed by atoms with van der Waals surface area (Å²) in [7, 11) is 0. The number of nitrogens with one attached hydrogen (secondary N) is 1. The fraction of sp³-hybridized carbons (Fsp3) is 0.238. The molecular weight excluding hydrogens is 426 g/mol. The number of aromatic nitrogens is 1. The SMILES string of the molecule is CCOC(=O)c1c(C)nc2ccc(C(F)(F)F)cc2c1Nc1ccc(C(F)(F)F)cc1. The molecule has 164 valence electrons. The molecule has 0 aliphatic carbocycles. The van der Waals surface area contributed by atoms with E-state index in [1.54, 1.807) is 6.92 Å². The third-order valence-corrected chi connectivity index (χ3v) is 4.45. The predicted octanol–water partition coefficient (Wildman–Crippen LogP) is 6.50. The molecule has 4 nitrogen and oxygen atoms in total. The minimum Gasteiger partial charge on any atom is -0.462 e. The van der Waals surface area contributed by atoms with Gasteiger partial charge < -0.3 is 10.1 Å². The Morgan fingerprint density at radius 2 is 1.55 bits per heavy atom. The lowest BCUT2D eigenvalue weighted by Crippen LogP contribution is -2.13. The summed E-state index contributed by atoms with van der Waals surface area (Å²) >= 11 is 0.